The van der Waals surface area contributed by atoms with Crippen LogP contribution in [-0.2, 0) is 12.0 Å². The Balaban J connectivity index is 2.06. The Morgan fingerprint density at radius 3 is 2.25 bits per heavy atom. The quantitative estimate of drug-likeness (QED) is 0.764. The molecule has 0 atom stereocenters. The van der Waals surface area contributed by atoms with E-state index in [1.54, 1.807) is 0 Å². The van der Waals surface area contributed by atoms with Gasteiger partial charge in [-0.3, -0.25) is 0 Å². The second kappa shape index (κ2) is 6.01. The van der Waals surface area contributed by atoms with Crippen molar-refractivity contribution in [3.05, 3.63) is 63.6 Å². The highest BCUT2D eigenvalue weighted by atomic mass is 79.9. The van der Waals surface area contributed by atoms with Gasteiger partial charge in [0, 0.05) is 16.7 Å². The standard InChI is InChI=1S/C18H22BrN/c1-13-16(19)6-5-7-17(13)20-12-14-8-10-15(11-9-14)18(2,3)4/h5-11,20H,12H2,1-4H3. The van der Waals surface area contributed by atoms with Crippen LogP contribution in [0, 0.1) is 6.92 Å². The number of halogens is 1. The molecule has 2 rings (SSSR count). The van der Waals surface area contributed by atoms with Crippen LogP contribution >= 0.6 is 15.9 Å². The van der Waals surface area contributed by atoms with E-state index in [9.17, 15) is 0 Å². The first-order chi connectivity index (χ1) is 9.38. The molecule has 0 fully saturated rings. The van der Waals surface area contributed by atoms with Gasteiger partial charge in [0.15, 0.2) is 0 Å². The second-order valence-electron chi connectivity index (χ2n) is 6.21. The van der Waals surface area contributed by atoms with Gasteiger partial charge in [-0.25, -0.2) is 0 Å². The highest BCUT2D eigenvalue weighted by molar-refractivity contribution is 9.10. The fourth-order valence-electron chi connectivity index (χ4n) is 2.12. The van der Waals surface area contributed by atoms with Gasteiger partial charge in [0.05, 0.1) is 0 Å². The van der Waals surface area contributed by atoms with E-state index in [1.165, 1.54) is 22.4 Å². The molecule has 0 saturated carbocycles. The van der Waals surface area contributed by atoms with Crippen LogP contribution in [0.5, 0.6) is 0 Å². The van der Waals surface area contributed by atoms with Crippen LogP contribution in [0.1, 0.15) is 37.5 Å². The summed E-state index contributed by atoms with van der Waals surface area (Å²) in [5, 5.41) is 3.50. The van der Waals surface area contributed by atoms with Crippen LogP contribution in [0.2, 0.25) is 0 Å². The van der Waals surface area contributed by atoms with Crippen molar-refractivity contribution in [2.75, 3.05) is 5.32 Å². The molecule has 0 aliphatic rings. The third-order valence-electron chi connectivity index (χ3n) is 3.57. The predicted octanol–water partition coefficient (Wildman–Crippen LogP) is 5.67. The lowest BCUT2D eigenvalue weighted by atomic mass is 9.87. The van der Waals surface area contributed by atoms with Crippen LogP contribution in [0.4, 0.5) is 5.69 Å². The molecular formula is C18H22BrN. The molecule has 1 nitrogen and oxygen atoms in total. The first kappa shape index (κ1) is 15.1. The highest BCUT2D eigenvalue weighted by Crippen LogP contribution is 2.25. The van der Waals surface area contributed by atoms with E-state index in [0.717, 1.165) is 11.0 Å². The largest absolute Gasteiger partial charge is 0.381 e. The maximum Gasteiger partial charge on any atom is 0.0400 e. The second-order valence-corrected chi connectivity index (χ2v) is 7.07. The number of hydrogen-bond acceptors (Lipinski definition) is 1. The van der Waals surface area contributed by atoms with Gasteiger partial charge >= 0.3 is 0 Å². The van der Waals surface area contributed by atoms with E-state index in [0.29, 0.717) is 0 Å². The first-order valence-electron chi connectivity index (χ1n) is 6.96. The third kappa shape index (κ3) is 3.63. The maximum atomic E-state index is 3.56. The van der Waals surface area contributed by atoms with E-state index in [1.807, 2.05) is 0 Å². The fourth-order valence-corrected chi connectivity index (χ4v) is 2.49. The van der Waals surface area contributed by atoms with Gasteiger partial charge in [-0.2, -0.15) is 0 Å². The summed E-state index contributed by atoms with van der Waals surface area (Å²) >= 11 is 3.56. The molecule has 2 heteroatoms. The molecule has 0 radical (unpaired) electrons. The molecule has 106 valence electrons. The fraction of sp³-hybridized carbons (Fsp3) is 0.333. The Morgan fingerprint density at radius 1 is 1.00 bits per heavy atom. The van der Waals surface area contributed by atoms with Crippen LogP contribution in [0.3, 0.4) is 0 Å². The Labute approximate surface area is 130 Å². The first-order valence-corrected chi connectivity index (χ1v) is 7.75. The van der Waals surface area contributed by atoms with Gasteiger partial charge < -0.3 is 5.32 Å². The van der Waals surface area contributed by atoms with Crippen molar-refractivity contribution in [3.63, 3.8) is 0 Å². The predicted molar refractivity (Wildman–Crippen MR) is 91.3 cm³/mol. The number of hydrogen-bond donors (Lipinski definition) is 1. The van der Waals surface area contributed by atoms with Crippen molar-refractivity contribution in [1.29, 1.82) is 0 Å². The molecule has 0 unspecified atom stereocenters. The molecule has 0 aromatic heterocycles. The highest BCUT2D eigenvalue weighted by Gasteiger charge is 2.12. The molecular weight excluding hydrogens is 310 g/mol. The van der Waals surface area contributed by atoms with E-state index in [4.69, 9.17) is 0 Å². The summed E-state index contributed by atoms with van der Waals surface area (Å²) in [7, 11) is 0. The topological polar surface area (TPSA) is 12.0 Å². The van der Waals surface area contributed by atoms with Gasteiger partial charge in [0.1, 0.15) is 0 Å². The van der Waals surface area contributed by atoms with Crippen molar-refractivity contribution in [2.24, 2.45) is 0 Å². The van der Waals surface area contributed by atoms with Gasteiger partial charge in [-0.05, 0) is 41.2 Å². The smallest absolute Gasteiger partial charge is 0.0400 e. The average Bonchev–Trinajstić information content (AvgIpc) is 2.40. The number of nitrogens with one attached hydrogen (secondary N) is 1. The molecule has 2 aromatic rings. The number of anilines is 1. The van der Waals surface area contributed by atoms with Crippen molar-refractivity contribution < 1.29 is 0 Å². The molecule has 2 aromatic carbocycles. The number of benzene rings is 2. The Kier molecular flexibility index (Phi) is 4.54. The Hall–Kier alpha value is -1.28. The maximum absolute atomic E-state index is 3.56. The molecule has 0 aliphatic heterocycles. The Bertz CT molecular complexity index is 579. The van der Waals surface area contributed by atoms with Crippen LogP contribution in [0.25, 0.3) is 0 Å². The zero-order valence-corrected chi connectivity index (χ0v) is 14.2. The van der Waals surface area contributed by atoms with E-state index >= 15 is 0 Å². The third-order valence-corrected chi connectivity index (χ3v) is 4.43. The summed E-state index contributed by atoms with van der Waals surface area (Å²) in [4.78, 5) is 0. The molecule has 20 heavy (non-hydrogen) atoms. The summed E-state index contributed by atoms with van der Waals surface area (Å²) in [5.41, 5.74) is 5.32. The molecule has 0 amide bonds. The monoisotopic (exact) mass is 331 g/mol. The SMILES string of the molecule is Cc1c(Br)cccc1NCc1ccc(C(C)(C)C)cc1. The average molecular weight is 332 g/mol. The van der Waals surface area contributed by atoms with E-state index in [-0.39, 0.29) is 5.41 Å². The lowest BCUT2D eigenvalue weighted by molar-refractivity contribution is 0.590. The summed E-state index contributed by atoms with van der Waals surface area (Å²) in [6.45, 7) is 9.69. The molecule has 1 N–H and O–H groups in total. The van der Waals surface area contributed by atoms with Crippen LogP contribution in [-0.4, -0.2) is 0 Å². The molecule has 0 aliphatic carbocycles. The summed E-state index contributed by atoms with van der Waals surface area (Å²) in [6.07, 6.45) is 0. The van der Waals surface area contributed by atoms with Crippen LogP contribution < -0.4 is 5.32 Å². The minimum atomic E-state index is 0.215. The Morgan fingerprint density at radius 2 is 1.65 bits per heavy atom. The molecule has 0 heterocycles. The van der Waals surface area contributed by atoms with E-state index in [2.05, 4.69) is 91.4 Å². The number of rotatable bonds is 3. The summed E-state index contributed by atoms with van der Waals surface area (Å²) < 4.78 is 1.14. The van der Waals surface area contributed by atoms with E-state index < -0.39 is 0 Å². The van der Waals surface area contributed by atoms with Gasteiger partial charge in [0.2, 0.25) is 0 Å². The van der Waals surface area contributed by atoms with Crippen molar-refractivity contribution in [2.45, 2.75) is 39.7 Å². The van der Waals surface area contributed by atoms with Gasteiger partial charge in [-0.15, -0.1) is 0 Å². The molecule has 0 bridgehead atoms. The molecule has 0 saturated heterocycles. The van der Waals surface area contributed by atoms with Gasteiger partial charge in [-0.1, -0.05) is 67.0 Å². The van der Waals surface area contributed by atoms with Gasteiger partial charge in [0.25, 0.3) is 0 Å². The normalized spacial score (nSPS) is 11.4. The summed E-state index contributed by atoms with van der Waals surface area (Å²) in [6, 6.07) is 15.1. The minimum absolute atomic E-state index is 0.215. The van der Waals surface area contributed by atoms with Crippen LogP contribution in [0.15, 0.2) is 46.9 Å². The lowest BCUT2D eigenvalue weighted by Crippen LogP contribution is -2.11. The summed E-state index contributed by atoms with van der Waals surface area (Å²) in [5.74, 6) is 0. The van der Waals surface area contributed by atoms with Crippen molar-refractivity contribution in [1.82, 2.24) is 0 Å². The minimum Gasteiger partial charge on any atom is -0.381 e. The molecule has 0 spiro atoms. The zero-order valence-electron chi connectivity index (χ0n) is 12.6. The van der Waals surface area contributed by atoms with Crippen molar-refractivity contribution >= 4 is 21.6 Å². The van der Waals surface area contributed by atoms with Crippen molar-refractivity contribution in [3.8, 4) is 0 Å². The zero-order chi connectivity index (χ0) is 14.8. The lowest BCUT2D eigenvalue weighted by Gasteiger charge is -2.19.